The number of fused-ring (bicyclic) bond motifs is 1. The number of hydrogen-bond donors (Lipinski definition) is 1. The normalized spacial score (nSPS) is 16.9. The Bertz CT molecular complexity index is 892. The van der Waals surface area contributed by atoms with Crippen molar-refractivity contribution in [3.63, 3.8) is 0 Å². The zero-order valence-corrected chi connectivity index (χ0v) is 16.6. The molecular formula is C22H26N2O2S. The van der Waals surface area contributed by atoms with Crippen LogP contribution in [0.1, 0.15) is 52.7 Å². The van der Waals surface area contributed by atoms with E-state index in [-0.39, 0.29) is 11.9 Å². The third-order valence-corrected chi connectivity index (χ3v) is 6.43. The quantitative estimate of drug-likeness (QED) is 0.664. The van der Waals surface area contributed by atoms with Crippen molar-refractivity contribution in [2.24, 2.45) is 0 Å². The van der Waals surface area contributed by atoms with Gasteiger partial charge in [-0.25, -0.2) is 0 Å². The summed E-state index contributed by atoms with van der Waals surface area (Å²) in [7, 11) is 0. The van der Waals surface area contributed by atoms with Crippen LogP contribution in [-0.4, -0.2) is 30.4 Å². The molecule has 2 aromatic heterocycles. The molecule has 0 bridgehead atoms. The van der Waals surface area contributed by atoms with Crippen LogP contribution in [0.4, 0.5) is 0 Å². The molecule has 142 valence electrons. The lowest BCUT2D eigenvalue weighted by atomic mass is 10.1. The molecule has 0 spiro atoms. The minimum atomic E-state index is -0.125. The van der Waals surface area contributed by atoms with Gasteiger partial charge in [0.05, 0.1) is 6.04 Å². The lowest BCUT2D eigenvalue weighted by molar-refractivity contribution is 0.0907. The van der Waals surface area contributed by atoms with E-state index in [9.17, 15) is 4.79 Å². The van der Waals surface area contributed by atoms with Gasteiger partial charge in [-0.3, -0.25) is 9.69 Å². The van der Waals surface area contributed by atoms with E-state index in [1.54, 1.807) is 11.3 Å². The number of carbonyl (C=O) groups is 1. The van der Waals surface area contributed by atoms with Crippen molar-refractivity contribution in [3.8, 4) is 0 Å². The Labute approximate surface area is 164 Å². The summed E-state index contributed by atoms with van der Waals surface area (Å²) in [6, 6.07) is 12.3. The van der Waals surface area contributed by atoms with Crippen LogP contribution < -0.4 is 5.32 Å². The van der Waals surface area contributed by atoms with E-state index in [4.69, 9.17) is 4.42 Å². The highest BCUT2D eigenvalue weighted by Crippen LogP contribution is 2.28. The highest BCUT2D eigenvalue weighted by molar-refractivity contribution is 7.10. The van der Waals surface area contributed by atoms with Gasteiger partial charge in [-0.2, -0.15) is 0 Å². The number of amides is 1. The van der Waals surface area contributed by atoms with Crippen molar-refractivity contribution >= 4 is 28.2 Å². The SMILES string of the molecule is Cc1c(C(=O)NC[C@@H](c2cccs2)N2CCCCCC2)oc2ccccc12. The number of thiophene rings is 1. The Kier molecular flexibility index (Phi) is 5.60. The van der Waals surface area contributed by atoms with Crippen molar-refractivity contribution in [1.82, 2.24) is 10.2 Å². The van der Waals surface area contributed by atoms with Crippen LogP contribution in [0.5, 0.6) is 0 Å². The molecule has 1 aliphatic heterocycles. The molecule has 0 radical (unpaired) electrons. The van der Waals surface area contributed by atoms with Crippen LogP contribution in [0.2, 0.25) is 0 Å². The number of carbonyl (C=O) groups excluding carboxylic acids is 1. The average molecular weight is 383 g/mol. The van der Waals surface area contributed by atoms with E-state index in [1.807, 2.05) is 31.2 Å². The van der Waals surface area contributed by atoms with Gasteiger partial charge >= 0.3 is 0 Å². The molecule has 1 aromatic carbocycles. The minimum absolute atomic E-state index is 0.125. The van der Waals surface area contributed by atoms with Crippen LogP contribution in [0.25, 0.3) is 11.0 Å². The van der Waals surface area contributed by atoms with Gasteiger partial charge in [0.1, 0.15) is 5.58 Å². The monoisotopic (exact) mass is 382 g/mol. The first-order valence-corrected chi connectivity index (χ1v) is 10.7. The number of hydrogen-bond acceptors (Lipinski definition) is 4. The van der Waals surface area contributed by atoms with Gasteiger partial charge in [0.2, 0.25) is 0 Å². The summed E-state index contributed by atoms with van der Waals surface area (Å²) < 4.78 is 5.83. The summed E-state index contributed by atoms with van der Waals surface area (Å²) in [5.74, 6) is 0.303. The Morgan fingerprint density at radius 3 is 2.63 bits per heavy atom. The summed E-state index contributed by atoms with van der Waals surface area (Å²) in [6.45, 7) is 4.76. The Hall–Kier alpha value is -2.11. The van der Waals surface area contributed by atoms with Crippen LogP contribution in [0, 0.1) is 6.92 Å². The zero-order chi connectivity index (χ0) is 18.6. The van der Waals surface area contributed by atoms with Gasteiger partial charge < -0.3 is 9.73 Å². The predicted molar refractivity (Wildman–Crippen MR) is 110 cm³/mol. The summed E-state index contributed by atoms with van der Waals surface area (Å²) in [4.78, 5) is 16.7. The van der Waals surface area contributed by atoms with Crippen molar-refractivity contribution in [3.05, 3.63) is 58.0 Å². The van der Waals surface area contributed by atoms with Gasteiger partial charge in [0.15, 0.2) is 5.76 Å². The van der Waals surface area contributed by atoms with E-state index >= 15 is 0 Å². The van der Waals surface area contributed by atoms with Crippen LogP contribution >= 0.6 is 11.3 Å². The summed E-state index contributed by atoms with van der Waals surface area (Å²) in [5.41, 5.74) is 1.67. The number of aryl methyl sites for hydroxylation is 1. The molecule has 4 nitrogen and oxygen atoms in total. The molecule has 4 rings (SSSR count). The molecule has 0 unspecified atom stereocenters. The lowest BCUT2D eigenvalue weighted by Crippen LogP contribution is -2.38. The highest BCUT2D eigenvalue weighted by atomic mass is 32.1. The van der Waals surface area contributed by atoms with Gasteiger partial charge in [0.25, 0.3) is 5.91 Å². The largest absolute Gasteiger partial charge is 0.451 e. The number of rotatable bonds is 5. The summed E-state index contributed by atoms with van der Waals surface area (Å²) in [5, 5.41) is 6.26. The molecule has 1 saturated heterocycles. The second-order valence-corrected chi connectivity index (χ2v) is 8.22. The first-order chi connectivity index (χ1) is 13.2. The molecule has 5 heteroatoms. The Morgan fingerprint density at radius 1 is 1.15 bits per heavy atom. The van der Waals surface area contributed by atoms with E-state index in [0.717, 1.165) is 29.6 Å². The highest BCUT2D eigenvalue weighted by Gasteiger charge is 2.24. The van der Waals surface area contributed by atoms with Crippen LogP contribution in [-0.2, 0) is 0 Å². The molecule has 0 aliphatic carbocycles. The fraction of sp³-hybridized carbons (Fsp3) is 0.409. The molecule has 27 heavy (non-hydrogen) atoms. The first-order valence-electron chi connectivity index (χ1n) is 9.78. The van der Waals surface area contributed by atoms with Crippen LogP contribution in [0.3, 0.4) is 0 Å². The topological polar surface area (TPSA) is 45.5 Å². The predicted octanol–water partition coefficient (Wildman–Crippen LogP) is 5.15. The third-order valence-electron chi connectivity index (χ3n) is 5.46. The maximum absolute atomic E-state index is 12.8. The molecule has 1 amide bonds. The van der Waals surface area contributed by atoms with Gasteiger partial charge in [-0.15, -0.1) is 11.3 Å². The standard InChI is InChI=1S/C22H26N2O2S/c1-16-17-9-4-5-10-19(17)26-21(16)22(25)23-15-18(20-11-8-14-27-20)24-12-6-2-3-7-13-24/h4-5,8-11,14,18H,2-3,6-7,12-13,15H2,1H3,(H,23,25)/t18-/m0/s1. The molecule has 1 N–H and O–H groups in total. The van der Waals surface area contributed by atoms with Gasteiger partial charge in [-0.1, -0.05) is 37.1 Å². The van der Waals surface area contributed by atoms with E-state index in [2.05, 4.69) is 27.7 Å². The maximum Gasteiger partial charge on any atom is 0.287 e. The average Bonchev–Trinajstić information content (AvgIpc) is 3.24. The Balaban J connectivity index is 1.51. The molecule has 3 aromatic rings. The van der Waals surface area contributed by atoms with E-state index in [1.165, 1.54) is 30.6 Å². The molecule has 1 aliphatic rings. The van der Waals surface area contributed by atoms with Crippen molar-refractivity contribution in [1.29, 1.82) is 0 Å². The maximum atomic E-state index is 12.8. The van der Waals surface area contributed by atoms with Gasteiger partial charge in [0, 0.05) is 22.4 Å². The van der Waals surface area contributed by atoms with Crippen molar-refractivity contribution < 1.29 is 9.21 Å². The lowest BCUT2D eigenvalue weighted by Gasteiger charge is -2.30. The van der Waals surface area contributed by atoms with E-state index < -0.39 is 0 Å². The third kappa shape index (κ3) is 3.94. The summed E-state index contributed by atoms with van der Waals surface area (Å²) in [6.07, 6.45) is 5.08. The second kappa shape index (κ2) is 8.28. The number of nitrogens with one attached hydrogen (secondary N) is 1. The minimum Gasteiger partial charge on any atom is -0.451 e. The smallest absolute Gasteiger partial charge is 0.287 e. The number of benzene rings is 1. The summed E-state index contributed by atoms with van der Waals surface area (Å²) >= 11 is 1.77. The first kappa shape index (κ1) is 18.3. The second-order valence-electron chi connectivity index (χ2n) is 7.24. The number of furan rings is 1. The van der Waals surface area contributed by atoms with Crippen molar-refractivity contribution in [2.75, 3.05) is 19.6 Å². The fourth-order valence-corrected chi connectivity index (χ4v) is 4.82. The van der Waals surface area contributed by atoms with E-state index in [0.29, 0.717) is 12.3 Å². The molecular weight excluding hydrogens is 356 g/mol. The molecule has 0 saturated carbocycles. The zero-order valence-electron chi connectivity index (χ0n) is 15.7. The molecule has 3 heterocycles. The number of likely N-dealkylation sites (tertiary alicyclic amines) is 1. The Morgan fingerprint density at radius 2 is 1.93 bits per heavy atom. The van der Waals surface area contributed by atoms with Crippen molar-refractivity contribution in [2.45, 2.75) is 38.6 Å². The fourth-order valence-electron chi connectivity index (χ4n) is 3.96. The molecule has 1 atom stereocenters. The molecule has 1 fully saturated rings. The number of nitrogens with zero attached hydrogens (tertiary/aromatic N) is 1. The van der Waals surface area contributed by atoms with Gasteiger partial charge in [-0.05, 0) is 50.4 Å². The van der Waals surface area contributed by atoms with Crippen LogP contribution in [0.15, 0.2) is 46.2 Å². The number of para-hydroxylation sites is 1.